The van der Waals surface area contributed by atoms with Crippen molar-refractivity contribution in [1.29, 1.82) is 0 Å². The van der Waals surface area contributed by atoms with Crippen LogP contribution in [0.25, 0.3) is 0 Å². The van der Waals surface area contributed by atoms with Gasteiger partial charge in [0.2, 0.25) is 0 Å². The Labute approximate surface area is 127 Å². The number of piperidine rings is 1. The van der Waals surface area contributed by atoms with Gasteiger partial charge in [-0.25, -0.2) is 4.79 Å². The molecular formula is C15H29NO5. The van der Waals surface area contributed by atoms with E-state index in [1.54, 1.807) is 0 Å². The van der Waals surface area contributed by atoms with Gasteiger partial charge in [-0.3, -0.25) is 0 Å². The molecule has 0 bridgehead atoms. The second-order valence-corrected chi connectivity index (χ2v) is 6.27. The summed E-state index contributed by atoms with van der Waals surface area (Å²) in [6.45, 7) is 9.23. The van der Waals surface area contributed by atoms with Gasteiger partial charge in [0.25, 0.3) is 0 Å². The quantitative estimate of drug-likeness (QED) is 0.529. The molecule has 0 aliphatic carbocycles. The molecule has 6 heteroatoms. The van der Waals surface area contributed by atoms with Gasteiger partial charge in [-0.15, -0.1) is 0 Å². The highest BCUT2D eigenvalue weighted by Gasteiger charge is 2.19. The standard InChI is InChI=1S/C15H29NO5/c1-15(2,3)21-14(18)12-19-10-11-20-13-4-6-16(7-5-13)8-9-17/h13,17H,4-12H2,1-3H3. The number of β-amino-alcohol motifs (C(OH)–C–C–N with tert-alkyl or cyclic N) is 1. The number of carbonyl (C=O) groups is 1. The third kappa shape index (κ3) is 9.03. The van der Waals surface area contributed by atoms with Crippen LogP contribution in [0.5, 0.6) is 0 Å². The summed E-state index contributed by atoms with van der Waals surface area (Å²) < 4.78 is 16.1. The lowest BCUT2D eigenvalue weighted by Crippen LogP contribution is -2.38. The molecule has 21 heavy (non-hydrogen) atoms. The highest BCUT2D eigenvalue weighted by Crippen LogP contribution is 2.13. The molecule has 0 saturated carbocycles. The first-order valence-corrected chi connectivity index (χ1v) is 7.65. The van der Waals surface area contributed by atoms with E-state index in [9.17, 15) is 4.79 Å². The smallest absolute Gasteiger partial charge is 0.332 e. The fourth-order valence-electron chi connectivity index (χ4n) is 2.24. The Bertz CT molecular complexity index is 295. The van der Waals surface area contributed by atoms with Gasteiger partial charge in [0.1, 0.15) is 12.2 Å². The Morgan fingerprint density at radius 1 is 1.24 bits per heavy atom. The fraction of sp³-hybridized carbons (Fsp3) is 0.933. The number of hydrogen-bond acceptors (Lipinski definition) is 6. The van der Waals surface area contributed by atoms with Crippen LogP contribution in [0.15, 0.2) is 0 Å². The predicted octanol–water partition coefficient (Wildman–Crippen LogP) is 0.818. The van der Waals surface area contributed by atoms with Crippen LogP contribution < -0.4 is 0 Å². The molecule has 0 atom stereocenters. The highest BCUT2D eigenvalue weighted by molar-refractivity contribution is 5.71. The summed E-state index contributed by atoms with van der Waals surface area (Å²) in [4.78, 5) is 13.6. The topological polar surface area (TPSA) is 68.2 Å². The first-order valence-electron chi connectivity index (χ1n) is 7.65. The highest BCUT2D eigenvalue weighted by atomic mass is 16.6. The molecule has 0 spiro atoms. The number of nitrogens with zero attached hydrogens (tertiary/aromatic N) is 1. The Balaban J connectivity index is 1.99. The van der Waals surface area contributed by atoms with Gasteiger partial charge in [0.05, 0.1) is 25.9 Å². The van der Waals surface area contributed by atoms with Crippen LogP contribution in [-0.2, 0) is 19.0 Å². The third-order valence-corrected chi connectivity index (χ3v) is 3.17. The van der Waals surface area contributed by atoms with E-state index in [-0.39, 0.29) is 25.3 Å². The Hall–Kier alpha value is -0.690. The monoisotopic (exact) mass is 303 g/mol. The van der Waals surface area contributed by atoms with Crippen LogP contribution in [-0.4, -0.2) is 73.7 Å². The summed E-state index contributed by atoms with van der Waals surface area (Å²) in [6.07, 6.45) is 2.21. The zero-order chi connectivity index (χ0) is 15.7. The van der Waals surface area contributed by atoms with Gasteiger partial charge in [0.15, 0.2) is 0 Å². The van der Waals surface area contributed by atoms with E-state index in [4.69, 9.17) is 19.3 Å². The lowest BCUT2D eigenvalue weighted by molar-refractivity contribution is -0.160. The van der Waals surface area contributed by atoms with Gasteiger partial charge < -0.3 is 24.2 Å². The molecule has 0 amide bonds. The molecule has 0 unspecified atom stereocenters. The first kappa shape index (κ1) is 18.4. The van der Waals surface area contributed by atoms with Crippen LogP contribution >= 0.6 is 0 Å². The summed E-state index contributed by atoms with van der Waals surface area (Å²) >= 11 is 0. The zero-order valence-electron chi connectivity index (χ0n) is 13.5. The lowest BCUT2D eigenvalue weighted by atomic mass is 10.1. The number of carbonyl (C=O) groups excluding carboxylic acids is 1. The Morgan fingerprint density at radius 2 is 1.90 bits per heavy atom. The SMILES string of the molecule is CC(C)(C)OC(=O)COCCOC1CCN(CCO)CC1. The molecule has 1 aliphatic heterocycles. The van der Waals surface area contributed by atoms with Crippen molar-refractivity contribution in [3.8, 4) is 0 Å². The second-order valence-electron chi connectivity index (χ2n) is 6.27. The van der Waals surface area contributed by atoms with E-state index >= 15 is 0 Å². The van der Waals surface area contributed by atoms with Crippen LogP contribution in [0.3, 0.4) is 0 Å². The van der Waals surface area contributed by atoms with Crippen molar-refractivity contribution < 1.29 is 24.1 Å². The number of ether oxygens (including phenoxy) is 3. The van der Waals surface area contributed by atoms with E-state index in [1.165, 1.54) is 0 Å². The van der Waals surface area contributed by atoms with Crippen molar-refractivity contribution in [2.24, 2.45) is 0 Å². The molecule has 0 aromatic heterocycles. The van der Waals surface area contributed by atoms with Crippen molar-refractivity contribution in [3.63, 3.8) is 0 Å². The van der Waals surface area contributed by atoms with Crippen LogP contribution in [0.2, 0.25) is 0 Å². The number of aliphatic hydroxyl groups is 1. The molecule has 1 saturated heterocycles. The average Bonchev–Trinajstić information content (AvgIpc) is 2.38. The summed E-state index contributed by atoms with van der Waals surface area (Å²) in [6, 6.07) is 0. The number of aliphatic hydroxyl groups excluding tert-OH is 1. The summed E-state index contributed by atoms with van der Waals surface area (Å²) in [5.41, 5.74) is -0.473. The van der Waals surface area contributed by atoms with Gasteiger partial charge in [0, 0.05) is 19.6 Å². The van der Waals surface area contributed by atoms with E-state index in [2.05, 4.69) is 4.90 Å². The van der Waals surface area contributed by atoms with Crippen molar-refractivity contribution in [3.05, 3.63) is 0 Å². The van der Waals surface area contributed by atoms with Gasteiger partial charge in [-0.1, -0.05) is 0 Å². The van der Waals surface area contributed by atoms with Crippen LogP contribution in [0.4, 0.5) is 0 Å². The van der Waals surface area contributed by atoms with Crippen molar-refractivity contribution in [2.75, 3.05) is 46.1 Å². The third-order valence-electron chi connectivity index (χ3n) is 3.17. The van der Waals surface area contributed by atoms with Gasteiger partial charge in [-0.05, 0) is 33.6 Å². The first-order chi connectivity index (χ1) is 9.90. The summed E-state index contributed by atoms with van der Waals surface area (Å²) in [7, 11) is 0. The molecule has 0 aromatic rings. The predicted molar refractivity (Wildman–Crippen MR) is 79.2 cm³/mol. The largest absolute Gasteiger partial charge is 0.458 e. The number of esters is 1. The molecule has 1 fully saturated rings. The summed E-state index contributed by atoms with van der Waals surface area (Å²) in [5, 5.41) is 8.87. The number of rotatable bonds is 8. The maximum absolute atomic E-state index is 11.4. The van der Waals surface area contributed by atoms with E-state index in [0.717, 1.165) is 32.5 Å². The number of likely N-dealkylation sites (tertiary alicyclic amines) is 1. The molecule has 0 aromatic carbocycles. The Morgan fingerprint density at radius 3 is 2.48 bits per heavy atom. The lowest BCUT2D eigenvalue weighted by Gasteiger charge is -2.31. The van der Waals surface area contributed by atoms with E-state index in [0.29, 0.717) is 13.2 Å². The molecular weight excluding hydrogens is 274 g/mol. The molecule has 0 radical (unpaired) electrons. The van der Waals surface area contributed by atoms with Crippen molar-refractivity contribution in [1.82, 2.24) is 4.90 Å². The zero-order valence-corrected chi connectivity index (χ0v) is 13.5. The molecule has 1 N–H and O–H groups in total. The maximum atomic E-state index is 11.4. The van der Waals surface area contributed by atoms with E-state index < -0.39 is 5.60 Å². The van der Waals surface area contributed by atoms with Gasteiger partial charge in [-0.2, -0.15) is 0 Å². The molecule has 1 heterocycles. The average molecular weight is 303 g/mol. The minimum atomic E-state index is -0.473. The fourth-order valence-corrected chi connectivity index (χ4v) is 2.24. The van der Waals surface area contributed by atoms with Crippen molar-refractivity contribution >= 4 is 5.97 Å². The molecule has 6 nitrogen and oxygen atoms in total. The minimum absolute atomic E-state index is 0.0322. The second kappa shape index (κ2) is 9.35. The molecule has 1 rings (SSSR count). The maximum Gasteiger partial charge on any atom is 0.332 e. The van der Waals surface area contributed by atoms with Crippen LogP contribution in [0, 0.1) is 0 Å². The molecule has 124 valence electrons. The Kier molecular flexibility index (Phi) is 8.18. The van der Waals surface area contributed by atoms with E-state index in [1.807, 2.05) is 20.8 Å². The molecule has 1 aliphatic rings. The summed E-state index contributed by atoms with van der Waals surface area (Å²) in [5.74, 6) is -0.347. The van der Waals surface area contributed by atoms with Gasteiger partial charge >= 0.3 is 5.97 Å². The van der Waals surface area contributed by atoms with Crippen molar-refractivity contribution in [2.45, 2.75) is 45.3 Å². The normalized spacial score (nSPS) is 17.9. The minimum Gasteiger partial charge on any atom is -0.458 e. The number of hydrogen-bond donors (Lipinski definition) is 1. The van der Waals surface area contributed by atoms with Crippen LogP contribution in [0.1, 0.15) is 33.6 Å².